The fraction of sp³-hybridized carbons (Fsp3) is 0. The van der Waals surface area contributed by atoms with E-state index in [1.807, 2.05) is 109 Å². The molecule has 41 heavy (non-hydrogen) atoms. The second-order valence-electron chi connectivity index (χ2n) is 9.53. The van der Waals surface area contributed by atoms with Gasteiger partial charge in [-0.05, 0) is 53.7 Å². The third kappa shape index (κ3) is 4.26. The van der Waals surface area contributed by atoms with Gasteiger partial charge in [0.05, 0.1) is 33.8 Å². The van der Waals surface area contributed by atoms with Crippen LogP contribution in [0.1, 0.15) is 0 Å². The predicted octanol–water partition coefficient (Wildman–Crippen LogP) is 8.34. The molecule has 0 aliphatic heterocycles. The molecule has 3 aromatic carbocycles. The van der Waals surface area contributed by atoms with Crippen LogP contribution in [0.15, 0.2) is 127 Å². The minimum atomic E-state index is 0.111. The Labute approximate surface area is 234 Å². The van der Waals surface area contributed by atoms with Gasteiger partial charge in [0.25, 0.3) is 0 Å². The van der Waals surface area contributed by atoms with Gasteiger partial charge in [-0.2, -0.15) is 0 Å². The van der Waals surface area contributed by atoms with Gasteiger partial charge in [-0.3, -0.25) is 9.97 Å². The number of para-hydroxylation sites is 1. The Morgan fingerprint density at radius 3 is 1.49 bits per heavy atom. The lowest BCUT2D eigenvalue weighted by atomic mass is 10.00. The van der Waals surface area contributed by atoms with Crippen molar-refractivity contribution < 1.29 is 5.11 Å². The molecule has 194 valence electrons. The van der Waals surface area contributed by atoms with Crippen LogP contribution in [-0.2, 0) is 0 Å². The zero-order chi connectivity index (χ0) is 27.8. The molecule has 0 aliphatic carbocycles. The van der Waals surface area contributed by atoms with E-state index in [4.69, 9.17) is 9.97 Å². The van der Waals surface area contributed by atoms with Crippen LogP contribution in [-0.4, -0.2) is 25.0 Å². The van der Waals surface area contributed by atoms with E-state index >= 15 is 0 Å². The number of hydrogen-bond acceptors (Lipinski definition) is 7. The molecule has 0 radical (unpaired) electrons. The molecule has 7 rings (SSSR count). The van der Waals surface area contributed by atoms with Gasteiger partial charge in [-0.1, -0.05) is 60.7 Å². The summed E-state index contributed by atoms with van der Waals surface area (Å²) < 4.78 is 0. The Bertz CT molecular complexity index is 2080. The second-order valence-corrected chi connectivity index (χ2v) is 9.53. The van der Waals surface area contributed by atoms with Crippen molar-refractivity contribution in [2.45, 2.75) is 0 Å². The molecule has 7 nitrogen and oxygen atoms in total. The molecule has 1 N–H and O–H groups in total. The van der Waals surface area contributed by atoms with E-state index in [1.165, 1.54) is 0 Å². The highest BCUT2D eigenvalue weighted by molar-refractivity contribution is 6.04. The van der Waals surface area contributed by atoms with E-state index < -0.39 is 0 Å². The van der Waals surface area contributed by atoms with Crippen molar-refractivity contribution in [2.75, 3.05) is 0 Å². The van der Waals surface area contributed by atoms with Crippen LogP contribution in [0.25, 0.3) is 66.8 Å². The molecule has 0 amide bonds. The summed E-state index contributed by atoms with van der Waals surface area (Å²) in [7, 11) is 0. The van der Waals surface area contributed by atoms with Gasteiger partial charge in [0.15, 0.2) is 0 Å². The number of pyridine rings is 4. The Morgan fingerprint density at radius 2 is 0.951 bits per heavy atom. The monoisotopic (exact) mass is 531 g/mol. The number of rotatable bonds is 5. The average Bonchev–Trinajstić information content (AvgIpc) is 3.04. The largest absolute Gasteiger partial charge is 0.507 e. The molecule has 0 atom stereocenters. The number of nitroso groups, excluding NO2 is 1. The fourth-order valence-corrected chi connectivity index (χ4v) is 5.12. The lowest BCUT2D eigenvalue weighted by Gasteiger charge is -2.12. The highest BCUT2D eigenvalue weighted by Crippen LogP contribution is 2.40. The van der Waals surface area contributed by atoms with Gasteiger partial charge in [-0.25, -0.2) is 9.97 Å². The third-order valence-electron chi connectivity index (χ3n) is 7.12. The predicted molar refractivity (Wildman–Crippen MR) is 161 cm³/mol. The number of aromatic nitrogens is 4. The van der Waals surface area contributed by atoms with Gasteiger partial charge in [0, 0.05) is 45.4 Å². The van der Waals surface area contributed by atoms with E-state index in [-0.39, 0.29) is 11.4 Å². The van der Waals surface area contributed by atoms with Crippen molar-refractivity contribution in [3.05, 3.63) is 126 Å². The molecule has 0 fully saturated rings. The Morgan fingerprint density at radius 1 is 0.488 bits per heavy atom. The van der Waals surface area contributed by atoms with Crippen LogP contribution in [0.4, 0.5) is 5.69 Å². The minimum Gasteiger partial charge on any atom is -0.507 e. The summed E-state index contributed by atoms with van der Waals surface area (Å²) in [5, 5.41) is 16.4. The molecule has 0 saturated carbocycles. The van der Waals surface area contributed by atoms with Crippen LogP contribution < -0.4 is 0 Å². The van der Waals surface area contributed by atoms with Crippen LogP contribution in [0.5, 0.6) is 5.75 Å². The zero-order valence-corrected chi connectivity index (χ0v) is 21.6. The number of benzene rings is 3. The van der Waals surface area contributed by atoms with E-state index in [2.05, 4.69) is 15.1 Å². The molecule has 0 spiro atoms. The summed E-state index contributed by atoms with van der Waals surface area (Å²) in [5.41, 5.74) is 6.68. The van der Waals surface area contributed by atoms with Crippen LogP contribution in [0.3, 0.4) is 0 Å². The number of phenolic OH excluding ortho intramolecular Hbond substituents is 1. The maximum absolute atomic E-state index is 12.1. The van der Waals surface area contributed by atoms with Crippen LogP contribution >= 0.6 is 0 Å². The van der Waals surface area contributed by atoms with Crippen molar-refractivity contribution in [1.29, 1.82) is 0 Å². The molecule has 0 saturated heterocycles. The second kappa shape index (κ2) is 10.1. The molecule has 0 bridgehead atoms. The van der Waals surface area contributed by atoms with Gasteiger partial charge in [0.1, 0.15) is 11.4 Å². The van der Waals surface area contributed by atoms with Crippen LogP contribution in [0.2, 0.25) is 0 Å². The number of nitrogens with zero attached hydrogens (tertiary/aromatic N) is 5. The third-order valence-corrected chi connectivity index (χ3v) is 7.12. The van der Waals surface area contributed by atoms with Gasteiger partial charge in [-0.15, -0.1) is 4.91 Å². The molecular formula is C34H21N5O2. The zero-order valence-electron chi connectivity index (χ0n) is 21.6. The van der Waals surface area contributed by atoms with Crippen molar-refractivity contribution in [3.8, 4) is 50.8 Å². The summed E-state index contributed by atoms with van der Waals surface area (Å²) >= 11 is 0. The molecule has 7 heteroatoms. The highest BCUT2D eigenvalue weighted by Gasteiger charge is 2.17. The molecular weight excluding hydrogens is 510 g/mol. The maximum Gasteiger partial charge on any atom is 0.134 e. The summed E-state index contributed by atoms with van der Waals surface area (Å²) in [6, 6.07) is 33.9. The number of aromatic hydroxyl groups is 1. The Balaban J connectivity index is 1.40. The molecule has 7 aromatic rings. The van der Waals surface area contributed by atoms with E-state index in [0.717, 1.165) is 10.8 Å². The summed E-state index contributed by atoms with van der Waals surface area (Å²) in [4.78, 5) is 30.8. The van der Waals surface area contributed by atoms with Crippen molar-refractivity contribution >= 4 is 27.5 Å². The summed E-state index contributed by atoms with van der Waals surface area (Å²) in [6.45, 7) is 0. The van der Waals surface area contributed by atoms with Gasteiger partial charge < -0.3 is 5.11 Å². The summed E-state index contributed by atoms with van der Waals surface area (Å²) in [5.74, 6) is 0.111. The number of phenols is 1. The first-order valence-electron chi connectivity index (χ1n) is 13.0. The van der Waals surface area contributed by atoms with Crippen LogP contribution in [0, 0.1) is 4.91 Å². The van der Waals surface area contributed by atoms with Crippen molar-refractivity contribution in [1.82, 2.24) is 19.9 Å². The van der Waals surface area contributed by atoms with Crippen molar-refractivity contribution in [2.24, 2.45) is 5.18 Å². The quantitative estimate of drug-likeness (QED) is 0.177. The first-order chi connectivity index (χ1) is 20.2. The highest BCUT2D eigenvalue weighted by atomic mass is 16.3. The minimum absolute atomic E-state index is 0.111. The van der Waals surface area contributed by atoms with Crippen molar-refractivity contribution in [3.63, 3.8) is 0 Å². The average molecular weight is 532 g/mol. The SMILES string of the molecule is O=Nc1c(-c2ccccn2)cccc1-c1ccc2ccc3ccc(-c4cccc(-c5ccccn5)c4O)nc3c2n1. The number of hydrogen-bond donors (Lipinski definition) is 1. The first kappa shape index (κ1) is 24.2. The van der Waals surface area contributed by atoms with E-state index in [0.29, 0.717) is 56.1 Å². The lowest BCUT2D eigenvalue weighted by molar-refractivity contribution is 0.479. The summed E-state index contributed by atoms with van der Waals surface area (Å²) in [6.07, 6.45) is 3.38. The lowest BCUT2D eigenvalue weighted by Crippen LogP contribution is -1.93. The molecule has 4 aromatic heterocycles. The first-order valence-corrected chi connectivity index (χ1v) is 13.0. The fourth-order valence-electron chi connectivity index (χ4n) is 5.12. The smallest absolute Gasteiger partial charge is 0.134 e. The molecule has 0 unspecified atom stereocenters. The Hall–Kier alpha value is -5.82. The molecule has 4 heterocycles. The normalized spacial score (nSPS) is 11.1. The Kier molecular flexibility index (Phi) is 5.94. The standard InChI is InChI=1S/C34H21N5O2/c40-34-25(28-12-2-4-20-36-28)9-6-10-26(34)30-18-16-22-14-13-21-15-17-29(37-31(21)32(22)38-30)24-8-5-7-23(33(24)39-41)27-11-1-3-19-35-27/h1-20,40H. The van der Waals surface area contributed by atoms with E-state index in [9.17, 15) is 10.0 Å². The number of fused-ring (bicyclic) bond motifs is 3. The maximum atomic E-state index is 12.1. The van der Waals surface area contributed by atoms with Gasteiger partial charge in [0.2, 0.25) is 0 Å². The van der Waals surface area contributed by atoms with E-state index in [1.54, 1.807) is 12.4 Å². The van der Waals surface area contributed by atoms with Gasteiger partial charge >= 0.3 is 0 Å². The molecule has 0 aliphatic rings. The topological polar surface area (TPSA) is 101 Å².